The molecule has 0 radical (unpaired) electrons. The molecule has 1 N–H and O–H groups in total. The summed E-state index contributed by atoms with van der Waals surface area (Å²) in [6.45, 7) is 2.26. The lowest BCUT2D eigenvalue weighted by molar-refractivity contribution is -0.131. The van der Waals surface area contributed by atoms with Gasteiger partial charge in [-0.3, -0.25) is 0 Å². The van der Waals surface area contributed by atoms with Crippen LogP contribution in [0.3, 0.4) is 0 Å². The van der Waals surface area contributed by atoms with Gasteiger partial charge >= 0.3 is 5.97 Å². The summed E-state index contributed by atoms with van der Waals surface area (Å²) in [7, 11) is 0. The van der Waals surface area contributed by atoms with Crippen LogP contribution < -0.4 is 0 Å². The summed E-state index contributed by atoms with van der Waals surface area (Å²) in [4.78, 5) is 10.2. The van der Waals surface area contributed by atoms with Crippen molar-refractivity contribution < 1.29 is 9.90 Å². The summed E-state index contributed by atoms with van der Waals surface area (Å²) in [5.41, 5.74) is 0. The Morgan fingerprint density at radius 2 is 1.35 bits per heavy atom. The summed E-state index contributed by atoms with van der Waals surface area (Å²) in [6, 6.07) is 0. The number of carboxylic acids is 1. The number of unbranched alkanes of at least 4 members (excludes halogenated alkanes) is 9. The van der Waals surface area contributed by atoms with E-state index in [0.29, 0.717) is 0 Å². The van der Waals surface area contributed by atoms with Crippen LogP contribution in [0.4, 0.5) is 0 Å². The molecule has 0 aliphatic carbocycles. The van der Waals surface area contributed by atoms with Crippen LogP contribution >= 0.6 is 0 Å². The van der Waals surface area contributed by atoms with Crippen molar-refractivity contribution in [2.75, 3.05) is 0 Å². The highest BCUT2D eigenvalue weighted by atomic mass is 16.4. The van der Waals surface area contributed by atoms with Gasteiger partial charge in [0, 0.05) is 6.08 Å². The average molecular weight is 278 g/mol. The predicted molar refractivity (Wildman–Crippen MR) is 86.9 cm³/mol. The molecule has 2 heteroatoms. The van der Waals surface area contributed by atoms with Gasteiger partial charge in [-0.15, -0.1) is 0 Å². The quantitative estimate of drug-likeness (QED) is 0.268. The molecule has 0 spiro atoms. The van der Waals surface area contributed by atoms with E-state index in [9.17, 15) is 4.79 Å². The molecule has 2 nitrogen and oxygen atoms in total. The Morgan fingerprint density at radius 1 is 0.800 bits per heavy atom. The van der Waals surface area contributed by atoms with E-state index in [2.05, 4.69) is 13.0 Å². The average Bonchev–Trinajstić information content (AvgIpc) is 2.43. The van der Waals surface area contributed by atoms with Gasteiger partial charge in [0.25, 0.3) is 0 Å². The largest absolute Gasteiger partial charge is 0.478 e. The minimum atomic E-state index is -0.909. The maximum atomic E-state index is 10.2. The Balaban J connectivity index is 3.25. The number of rotatable bonds is 13. The first-order valence-electron chi connectivity index (χ1n) is 8.00. The highest BCUT2D eigenvalue weighted by molar-refractivity contribution is 5.80. The van der Waals surface area contributed by atoms with E-state index < -0.39 is 5.97 Å². The number of hydrogen-bond acceptors (Lipinski definition) is 1. The van der Waals surface area contributed by atoms with E-state index in [1.54, 1.807) is 6.08 Å². The minimum absolute atomic E-state index is 0.909. The fourth-order valence-electron chi connectivity index (χ4n) is 2.01. The summed E-state index contributed by atoms with van der Waals surface area (Å²) >= 11 is 0. The van der Waals surface area contributed by atoms with Crippen molar-refractivity contribution in [1.29, 1.82) is 0 Å². The molecule has 20 heavy (non-hydrogen) atoms. The van der Waals surface area contributed by atoms with Crippen LogP contribution in [0.2, 0.25) is 0 Å². The SMILES string of the molecule is CCCCCCCCCCCC=C/C=C/C=C\C(=O)O. The number of carbonyl (C=O) groups is 1. The van der Waals surface area contributed by atoms with Crippen LogP contribution in [-0.2, 0) is 4.79 Å². The van der Waals surface area contributed by atoms with Gasteiger partial charge in [0.2, 0.25) is 0 Å². The second-order valence-electron chi connectivity index (χ2n) is 5.13. The van der Waals surface area contributed by atoms with Crippen LogP contribution in [0, 0.1) is 0 Å². The molecular formula is C18H30O2. The Hall–Kier alpha value is -1.31. The maximum Gasteiger partial charge on any atom is 0.328 e. The monoisotopic (exact) mass is 278 g/mol. The van der Waals surface area contributed by atoms with Crippen LogP contribution in [0.15, 0.2) is 36.5 Å². The van der Waals surface area contributed by atoms with Crippen molar-refractivity contribution in [3.05, 3.63) is 36.5 Å². The highest BCUT2D eigenvalue weighted by Crippen LogP contribution is 2.10. The fourth-order valence-corrected chi connectivity index (χ4v) is 2.01. The van der Waals surface area contributed by atoms with Crippen LogP contribution in [0.25, 0.3) is 0 Å². The van der Waals surface area contributed by atoms with Crippen molar-refractivity contribution in [3.8, 4) is 0 Å². The van der Waals surface area contributed by atoms with E-state index >= 15 is 0 Å². The summed E-state index contributed by atoms with van der Waals surface area (Å²) in [5, 5.41) is 8.38. The molecule has 0 atom stereocenters. The molecule has 0 heterocycles. The van der Waals surface area contributed by atoms with Crippen molar-refractivity contribution in [1.82, 2.24) is 0 Å². The first-order valence-corrected chi connectivity index (χ1v) is 8.00. The Morgan fingerprint density at radius 3 is 1.95 bits per heavy atom. The lowest BCUT2D eigenvalue weighted by Gasteiger charge is -2.00. The van der Waals surface area contributed by atoms with E-state index in [4.69, 9.17) is 5.11 Å². The van der Waals surface area contributed by atoms with Gasteiger partial charge < -0.3 is 5.11 Å². The summed E-state index contributed by atoms with van der Waals surface area (Å²) in [5.74, 6) is -0.909. The lowest BCUT2D eigenvalue weighted by atomic mass is 10.1. The number of carboxylic acid groups (broad SMARTS) is 1. The maximum absolute atomic E-state index is 10.2. The van der Waals surface area contributed by atoms with Crippen molar-refractivity contribution in [3.63, 3.8) is 0 Å². The van der Waals surface area contributed by atoms with Crippen molar-refractivity contribution in [2.45, 2.75) is 71.1 Å². The van der Waals surface area contributed by atoms with Gasteiger partial charge in [-0.2, -0.15) is 0 Å². The lowest BCUT2D eigenvalue weighted by Crippen LogP contribution is -1.84. The molecule has 0 saturated heterocycles. The molecular weight excluding hydrogens is 248 g/mol. The zero-order chi connectivity index (χ0) is 14.9. The zero-order valence-corrected chi connectivity index (χ0v) is 12.9. The van der Waals surface area contributed by atoms with Gasteiger partial charge in [0.1, 0.15) is 0 Å². The Bertz CT molecular complexity index is 301. The Labute approximate surface area is 124 Å². The topological polar surface area (TPSA) is 37.3 Å². The number of allylic oxidation sites excluding steroid dienone is 5. The molecule has 0 aromatic rings. The molecule has 0 unspecified atom stereocenters. The molecule has 0 fully saturated rings. The second-order valence-corrected chi connectivity index (χ2v) is 5.13. The number of aliphatic carboxylic acids is 1. The van der Waals surface area contributed by atoms with Crippen molar-refractivity contribution >= 4 is 5.97 Å². The fraction of sp³-hybridized carbons (Fsp3) is 0.611. The molecule has 0 saturated carbocycles. The van der Waals surface area contributed by atoms with Gasteiger partial charge in [0.05, 0.1) is 0 Å². The number of hydrogen-bond donors (Lipinski definition) is 1. The summed E-state index contributed by atoms with van der Waals surface area (Å²) < 4.78 is 0. The molecule has 0 aliphatic rings. The van der Waals surface area contributed by atoms with Gasteiger partial charge in [-0.05, 0) is 12.8 Å². The summed E-state index contributed by atoms with van der Waals surface area (Å²) in [6.07, 6.45) is 23.7. The first-order chi connectivity index (χ1) is 9.77. The second kappa shape index (κ2) is 15.7. The zero-order valence-electron chi connectivity index (χ0n) is 12.9. The standard InChI is InChI=1S/C18H30O2/c1-2-3-4-5-6-7-8-9-10-11-12-13-14-15-16-17-18(19)20/h12-17H,2-11H2,1H3,(H,19,20)/b13-12?,15-14+,17-16-. The van der Waals surface area contributed by atoms with E-state index in [-0.39, 0.29) is 0 Å². The van der Waals surface area contributed by atoms with E-state index in [1.165, 1.54) is 63.9 Å². The third-order valence-corrected chi connectivity index (χ3v) is 3.18. The molecule has 114 valence electrons. The van der Waals surface area contributed by atoms with Gasteiger partial charge in [-0.25, -0.2) is 4.79 Å². The molecule has 0 bridgehead atoms. The van der Waals surface area contributed by atoms with Gasteiger partial charge in [0.15, 0.2) is 0 Å². The first kappa shape index (κ1) is 18.7. The predicted octanol–water partition coefficient (Wildman–Crippen LogP) is 5.66. The smallest absolute Gasteiger partial charge is 0.328 e. The van der Waals surface area contributed by atoms with Crippen LogP contribution in [-0.4, -0.2) is 11.1 Å². The third-order valence-electron chi connectivity index (χ3n) is 3.18. The van der Waals surface area contributed by atoms with Crippen molar-refractivity contribution in [2.24, 2.45) is 0 Å². The molecule has 0 aromatic carbocycles. The van der Waals surface area contributed by atoms with E-state index in [1.807, 2.05) is 12.2 Å². The van der Waals surface area contributed by atoms with Crippen LogP contribution in [0.1, 0.15) is 71.1 Å². The van der Waals surface area contributed by atoms with Gasteiger partial charge in [-0.1, -0.05) is 88.7 Å². The van der Waals surface area contributed by atoms with E-state index in [0.717, 1.165) is 12.5 Å². The molecule has 0 amide bonds. The third kappa shape index (κ3) is 16.7. The molecule has 0 aliphatic heterocycles. The normalized spacial score (nSPS) is 12.1. The highest BCUT2D eigenvalue weighted by Gasteiger charge is 1.90. The Kier molecular flexibility index (Phi) is 14.7. The van der Waals surface area contributed by atoms with Crippen LogP contribution in [0.5, 0.6) is 0 Å². The molecule has 0 rings (SSSR count). The molecule has 0 aromatic heterocycles. The minimum Gasteiger partial charge on any atom is -0.478 e.